The van der Waals surface area contributed by atoms with E-state index in [0.29, 0.717) is 0 Å². The molecule has 10 aromatic carbocycles. The predicted molar refractivity (Wildman–Crippen MR) is 237 cm³/mol. The van der Waals surface area contributed by atoms with Crippen molar-refractivity contribution in [2.24, 2.45) is 0 Å². The topological polar surface area (TPSA) is 16.4 Å². The van der Waals surface area contributed by atoms with Crippen LogP contribution >= 0.6 is 0 Å². The molecule has 0 N–H and O–H groups in total. The fraction of sp³-hybridized carbons (Fsp3) is 0. The van der Waals surface area contributed by atoms with Gasteiger partial charge in [-0.15, -0.1) is 0 Å². The normalized spacial score (nSPS) is 11.6. The standard InChI is InChI=1S/C54H35NO/c1-3-13-36(14-4-1)37-23-25-38(26-24-37)39-27-30-42(31-28-39)55(41-15-5-2-6-16-41)50-21-11-9-17-43(50)40-29-32-45-44-18-7-8-19-46(44)53-47(49(45)35-40)33-34-52-54(53)48-20-10-12-22-51(48)56-52/h1-35H. The molecule has 0 aliphatic carbocycles. The maximum Gasteiger partial charge on any atom is 0.136 e. The molecule has 11 rings (SSSR count). The van der Waals surface area contributed by atoms with Crippen molar-refractivity contribution in [1.29, 1.82) is 0 Å². The number of hydrogen-bond acceptors (Lipinski definition) is 2. The van der Waals surface area contributed by atoms with E-state index in [-0.39, 0.29) is 0 Å². The number of rotatable bonds is 6. The van der Waals surface area contributed by atoms with Crippen LogP contribution in [0.25, 0.3) is 87.6 Å². The first-order valence-corrected chi connectivity index (χ1v) is 19.2. The number of fused-ring (bicyclic) bond motifs is 10. The van der Waals surface area contributed by atoms with Crippen molar-refractivity contribution in [3.63, 3.8) is 0 Å². The van der Waals surface area contributed by atoms with E-state index in [1.807, 2.05) is 6.07 Å². The molecular weight excluding hydrogens is 679 g/mol. The van der Waals surface area contributed by atoms with Gasteiger partial charge in [-0.1, -0.05) is 158 Å². The van der Waals surface area contributed by atoms with E-state index in [4.69, 9.17) is 4.42 Å². The smallest absolute Gasteiger partial charge is 0.136 e. The van der Waals surface area contributed by atoms with Gasteiger partial charge in [-0.25, -0.2) is 0 Å². The second-order valence-corrected chi connectivity index (χ2v) is 14.4. The van der Waals surface area contributed by atoms with E-state index < -0.39 is 0 Å². The van der Waals surface area contributed by atoms with Crippen molar-refractivity contribution in [3.05, 3.63) is 212 Å². The van der Waals surface area contributed by atoms with Crippen molar-refractivity contribution >= 4 is 71.3 Å². The lowest BCUT2D eigenvalue weighted by Gasteiger charge is -2.28. The molecule has 0 aliphatic heterocycles. The quantitative estimate of drug-likeness (QED) is 0.160. The fourth-order valence-electron chi connectivity index (χ4n) is 8.63. The van der Waals surface area contributed by atoms with Gasteiger partial charge in [0.05, 0.1) is 5.69 Å². The highest BCUT2D eigenvalue weighted by atomic mass is 16.3. The number of hydrogen-bond donors (Lipinski definition) is 0. The molecule has 0 saturated carbocycles. The Morgan fingerprint density at radius 1 is 0.286 bits per heavy atom. The lowest BCUT2D eigenvalue weighted by atomic mass is 9.90. The Hall–Kier alpha value is -7.42. The van der Waals surface area contributed by atoms with Crippen LogP contribution in [0, 0.1) is 0 Å². The Kier molecular flexibility index (Phi) is 7.53. The highest BCUT2D eigenvalue weighted by Crippen LogP contribution is 2.46. The van der Waals surface area contributed by atoms with Crippen LogP contribution in [0.3, 0.4) is 0 Å². The Labute approximate surface area is 325 Å². The lowest BCUT2D eigenvalue weighted by Crippen LogP contribution is -2.11. The predicted octanol–water partition coefficient (Wildman–Crippen LogP) is 15.5. The number of para-hydroxylation sites is 3. The third kappa shape index (κ3) is 5.26. The van der Waals surface area contributed by atoms with Gasteiger partial charge in [0, 0.05) is 33.1 Å². The summed E-state index contributed by atoms with van der Waals surface area (Å²) in [5.74, 6) is 0. The minimum absolute atomic E-state index is 0.914. The largest absolute Gasteiger partial charge is 0.456 e. The zero-order valence-corrected chi connectivity index (χ0v) is 30.6. The summed E-state index contributed by atoms with van der Waals surface area (Å²) in [6, 6.07) is 76.4. The average Bonchev–Trinajstić information content (AvgIpc) is 3.66. The first-order chi connectivity index (χ1) is 27.8. The monoisotopic (exact) mass is 713 g/mol. The zero-order valence-electron chi connectivity index (χ0n) is 30.6. The van der Waals surface area contributed by atoms with Gasteiger partial charge < -0.3 is 9.32 Å². The molecule has 0 atom stereocenters. The Morgan fingerprint density at radius 3 is 1.54 bits per heavy atom. The Bertz CT molecular complexity index is 3220. The summed E-state index contributed by atoms with van der Waals surface area (Å²) in [6.07, 6.45) is 0. The first kappa shape index (κ1) is 32.0. The van der Waals surface area contributed by atoms with Gasteiger partial charge in [0.1, 0.15) is 11.2 Å². The van der Waals surface area contributed by atoms with Gasteiger partial charge in [-0.05, 0) is 109 Å². The van der Waals surface area contributed by atoms with Gasteiger partial charge in [0.15, 0.2) is 0 Å². The maximum atomic E-state index is 6.39. The highest BCUT2D eigenvalue weighted by molar-refractivity contribution is 6.34. The second kappa shape index (κ2) is 13.2. The van der Waals surface area contributed by atoms with E-state index in [2.05, 4.69) is 211 Å². The number of nitrogens with zero attached hydrogens (tertiary/aromatic N) is 1. The molecule has 0 spiro atoms. The summed E-state index contributed by atoms with van der Waals surface area (Å²) in [5, 5.41) is 9.74. The fourth-order valence-corrected chi connectivity index (χ4v) is 8.63. The van der Waals surface area contributed by atoms with Crippen molar-refractivity contribution in [1.82, 2.24) is 0 Å². The van der Waals surface area contributed by atoms with Gasteiger partial charge in [-0.2, -0.15) is 0 Å². The molecule has 0 bridgehead atoms. The lowest BCUT2D eigenvalue weighted by molar-refractivity contribution is 0.669. The molecule has 2 heteroatoms. The van der Waals surface area contributed by atoms with Crippen LogP contribution < -0.4 is 4.90 Å². The van der Waals surface area contributed by atoms with Crippen LogP contribution in [-0.4, -0.2) is 0 Å². The molecule has 1 aromatic heterocycles. The molecule has 2 nitrogen and oxygen atoms in total. The van der Waals surface area contributed by atoms with Crippen LogP contribution in [0.2, 0.25) is 0 Å². The average molecular weight is 714 g/mol. The molecule has 0 aliphatic rings. The van der Waals surface area contributed by atoms with E-state index in [0.717, 1.165) is 44.7 Å². The molecule has 1 heterocycles. The maximum absolute atomic E-state index is 6.39. The van der Waals surface area contributed by atoms with Gasteiger partial charge in [0.25, 0.3) is 0 Å². The van der Waals surface area contributed by atoms with Crippen molar-refractivity contribution in [3.8, 4) is 33.4 Å². The number of anilines is 3. The SMILES string of the molecule is c1ccc(-c2ccc(-c3ccc(N(c4ccccc4)c4ccccc4-c4ccc5c6ccccc6c6c(ccc7oc8ccccc8c76)c5c4)cc3)cc2)cc1. The van der Waals surface area contributed by atoms with Gasteiger partial charge in [0.2, 0.25) is 0 Å². The highest BCUT2D eigenvalue weighted by Gasteiger charge is 2.20. The van der Waals surface area contributed by atoms with E-state index in [1.165, 1.54) is 60.0 Å². The zero-order chi connectivity index (χ0) is 37.0. The number of furan rings is 1. The van der Waals surface area contributed by atoms with Gasteiger partial charge >= 0.3 is 0 Å². The first-order valence-electron chi connectivity index (χ1n) is 19.2. The van der Waals surface area contributed by atoms with E-state index in [1.54, 1.807) is 0 Å². The molecule has 0 unspecified atom stereocenters. The van der Waals surface area contributed by atoms with E-state index >= 15 is 0 Å². The van der Waals surface area contributed by atoms with Crippen LogP contribution in [0.15, 0.2) is 217 Å². The molecule has 56 heavy (non-hydrogen) atoms. The van der Waals surface area contributed by atoms with Crippen molar-refractivity contribution in [2.45, 2.75) is 0 Å². The molecule has 262 valence electrons. The molecule has 0 fully saturated rings. The summed E-state index contributed by atoms with van der Waals surface area (Å²) in [7, 11) is 0. The van der Waals surface area contributed by atoms with Crippen molar-refractivity contribution in [2.75, 3.05) is 4.90 Å². The summed E-state index contributed by atoms with van der Waals surface area (Å²) in [4.78, 5) is 2.38. The Balaban J connectivity index is 1.06. The summed E-state index contributed by atoms with van der Waals surface area (Å²) in [6.45, 7) is 0. The summed E-state index contributed by atoms with van der Waals surface area (Å²) >= 11 is 0. The molecule has 11 aromatic rings. The Morgan fingerprint density at radius 2 is 0.786 bits per heavy atom. The van der Waals surface area contributed by atoms with Crippen LogP contribution in [0.4, 0.5) is 17.1 Å². The molecule has 0 amide bonds. The molecular formula is C54H35NO. The molecule has 0 saturated heterocycles. The van der Waals surface area contributed by atoms with Crippen LogP contribution in [-0.2, 0) is 0 Å². The van der Waals surface area contributed by atoms with Crippen LogP contribution in [0.5, 0.6) is 0 Å². The van der Waals surface area contributed by atoms with Crippen molar-refractivity contribution < 1.29 is 4.42 Å². The third-order valence-electron chi connectivity index (χ3n) is 11.3. The minimum atomic E-state index is 0.914. The number of benzene rings is 10. The summed E-state index contributed by atoms with van der Waals surface area (Å²) < 4.78 is 6.39. The summed E-state index contributed by atoms with van der Waals surface area (Å²) in [5.41, 5.74) is 12.3. The third-order valence-corrected chi connectivity index (χ3v) is 11.3. The second-order valence-electron chi connectivity index (χ2n) is 14.4. The van der Waals surface area contributed by atoms with Gasteiger partial charge in [-0.3, -0.25) is 0 Å². The van der Waals surface area contributed by atoms with E-state index in [9.17, 15) is 0 Å². The minimum Gasteiger partial charge on any atom is -0.456 e. The molecule has 0 radical (unpaired) electrons. The van der Waals surface area contributed by atoms with Crippen LogP contribution in [0.1, 0.15) is 0 Å².